The van der Waals surface area contributed by atoms with Crippen LogP contribution in [0.4, 0.5) is 11.4 Å². The number of hydrogen-bond acceptors (Lipinski definition) is 3. The zero-order chi connectivity index (χ0) is 21.1. The number of amides is 2. The molecule has 2 aromatic carbocycles. The number of hydrogen-bond donors (Lipinski definition) is 1. The molecule has 1 N–H and O–H groups in total. The van der Waals surface area contributed by atoms with Crippen LogP contribution in [0.15, 0.2) is 42.5 Å². The lowest BCUT2D eigenvalue weighted by molar-refractivity contribution is -0.140. The summed E-state index contributed by atoms with van der Waals surface area (Å²) < 4.78 is 0. The Hall–Kier alpha value is -2.53. The molecule has 0 radical (unpaired) electrons. The first kappa shape index (κ1) is 21.2. The molecule has 0 aliphatic carbocycles. The quantitative estimate of drug-likeness (QED) is 0.793. The van der Waals surface area contributed by atoms with E-state index in [1.807, 2.05) is 69.2 Å². The maximum Gasteiger partial charge on any atom is 0.247 e. The van der Waals surface area contributed by atoms with E-state index < -0.39 is 6.04 Å². The summed E-state index contributed by atoms with van der Waals surface area (Å²) in [7, 11) is 3.83. The topological polar surface area (TPSA) is 52.7 Å². The van der Waals surface area contributed by atoms with Crippen molar-refractivity contribution in [1.82, 2.24) is 4.90 Å². The van der Waals surface area contributed by atoms with Crippen molar-refractivity contribution in [3.63, 3.8) is 0 Å². The summed E-state index contributed by atoms with van der Waals surface area (Å²) in [6.07, 6.45) is 0.935. The lowest BCUT2D eigenvalue weighted by Gasteiger charge is -2.36. The molecule has 1 heterocycles. The van der Waals surface area contributed by atoms with Gasteiger partial charge in [0, 0.05) is 39.2 Å². The van der Waals surface area contributed by atoms with Gasteiger partial charge in [-0.05, 0) is 35.2 Å². The van der Waals surface area contributed by atoms with E-state index >= 15 is 0 Å². The van der Waals surface area contributed by atoms with Gasteiger partial charge in [-0.3, -0.25) is 9.59 Å². The van der Waals surface area contributed by atoms with Gasteiger partial charge in [-0.25, -0.2) is 0 Å². The Morgan fingerprint density at radius 3 is 2.48 bits per heavy atom. The van der Waals surface area contributed by atoms with Gasteiger partial charge in [0.15, 0.2) is 0 Å². The molecule has 0 aromatic heterocycles. The van der Waals surface area contributed by atoms with Crippen molar-refractivity contribution < 1.29 is 9.59 Å². The van der Waals surface area contributed by atoms with E-state index in [4.69, 9.17) is 11.6 Å². The predicted molar refractivity (Wildman–Crippen MR) is 118 cm³/mol. The fraction of sp³-hybridized carbons (Fsp3) is 0.391. The van der Waals surface area contributed by atoms with Crippen LogP contribution in [-0.2, 0) is 22.6 Å². The van der Waals surface area contributed by atoms with Crippen molar-refractivity contribution in [3.8, 4) is 0 Å². The highest BCUT2D eigenvalue weighted by molar-refractivity contribution is 6.33. The molecule has 0 saturated carbocycles. The Kier molecular flexibility index (Phi) is 6.48. The number of nitrogens with one attached hydrogen (secondary N) is 1. The van der Waals surface area contributed by atoms with Crippen molar-refractivity contribution in [2.75, 3.05) is 24.3 Å². The minimum atomic E-state index is -0.538. The van der Waals surface area contributed by atoms with Gasteiger partial charge < -0.3 is 15.1 Å². The molecule has 154 valence electrons. The largest absolute Gasteiger partial charge is 0.376 e. The van der Waals surface area contributed by atoms with Gasteiger partial charge in [-0.1, -0.05) is 49.7 Å². The second-order valence-electron chi connectivity index (χ2n) is 8.16. The fourth-order valence-electron chi connectivity index (χ4n) is 3.66. The molecule has 1 unspecified atom stereocenters. The number of halogens is 1. The number of carbonyl (C=O) groups excluding carboxylic acids is 2. The van der Waals surface area contributed by atoms with E-state index in [2.05, 4.69) is 5.32 Å². The Bertz CT molecular complexity index is 911. The standard InChI is InChI=1S/C23H28ClN3O2/c1-15(2)11-22(28)27-14-17-8-6-5-7-16(17)12-21(27)23(29)25-18-9-10-20(26(3)4)19(24)13-18/h5-10,13,15,21H,11-12,14H2,1-4H3,(H,25,29). The number of benzene rings is 2. The van der Waals surface area contributed by atoms with E-state index in [-0.39, 0.29) is 17.7 Å². The lowest BCUT2D eigenvalue weighted by Crippen LogP contribution is -2.50. The summed E-state index contributed by atoms with van der Waals surface area (Å²) in [6.45, 7) is 4.48. The molecule has 0 saturated heterocycles. The summed E-state index contributed by atoms with van der Waals surface area (Å²) in [6, 6.07) is 12.9. The van der Waals surface area contributed by atoms with Crippen LogP contribution in [0.3, 0.4) is 0 Å². The molecule has 1 aliphatic heterocycles. The number of anilines is 2. The number of fused-ring (bicyclic) bond motifs is 1. The van der Waals surface area contributed by atoms with Gasteiger partial charge >= 0.3 is 0 Å². The van der Waals surface area contributed by atoms with Crippen LogP contribution in [0.1, 0.15) is 31.4 Å². The SMILES string of the molecule is CC(C)CC(=O)N1Cc2ccccc2CC1C(=O)Nc1ccc(N(C)C)c(Cl)c1. The van der Waals surface area contributed by atoms with Gasteiger partial charge in [0.25, 0.3) is 0 Å². The molecule has 3 rings (SSSR count). The normalized spacial score (nSPS) is 15.8. The first-order valence-electron chi connectivity index (χ1n) is 9.90. The van der Waals surface area contributed by atoms with E-state index in [1.54, 1.807) is 11.0 Å². The average molecular weight is 414 g/mol. The van der Waals surface area contributed by atoms with Crippen molar-refractivity contribution in [2.24, 2.45) is 5.92 Å². The second-order valence-corrected chi connectivity index (χ2v) is 8.57. The van der Waals surface area contributed by atoms with Crippen LogP contribution in [0.2, 0.25) is 5.02 Å². The minimum absolute atomic E-state index is 0.00985. The second kappa shape index (κ2) is 8.87. The van der Waals surface area contributed by atoms with Crippen LogP contribution < -0.4 is 10.2 Å². The van der Waals surface area contributed by atoms with Gasteiger partial charge in [0.1, 0.15) is 6.04 Å². The van der Waals surface area contributed by atoms with Gasteiger partial charge in [-0.15, -0.1) is 0 Å². The van der Waals surface area contributed by atoms with Crippen LogP contribution in [0.5, 0.6) is 0 Å². The van der Waals surface area contributed by atoms with Crippen LogP contribution in [-0.4, -0.2) is 36.9 Å². The van der Waals surface area contributed by atoms with Gasteiger partial charge in [0.05, 0.1) is 10.7 Å². The lowest BCUT2D eigenvalue weighted by atomic mass is 9.92. The van der Waals surface area contributed by atoms with Gasteiger partial charge in [-0.2, -0.15) is 0 Å². The van der Waals surface area contributed by atoms with E-state index in [9.17, 15) is 9.59 Å². The van der Waals surface area contributed by atoms with Crippen LogP contribution >= 0.6 is 11.6 Å². The minimum Gasteiger partial charge on any atom is -0.376 e. The smallest absolute Gasteiger partial charge is 0.247 e. The molecular weight excluding hydrogens is 386 g/mol. The predicted octanol–water partition coefficient (Wildman–Crippen LogP) is 4.34. The fourth-order valence-corrected chi connectivity index (χ4v) is 4.01. The van der Waals surface area contributed by atoms with E-state index in [0.29, 0.717) is 30.1 Å². The van der Waals surface area contributed by atoms with Crippen molar-refractivity contribution in [2.45, 2.75) is 39.3 Å². The Labute approximate surface area is 177 Å². The summed E-state index contributed by atoms with van der Waals surface area (Å²) in [5, 5.41) is 3.52. The summed E-state index contributed by atoms with van der Waals surface area (Å²) in [4.78, 5) is 29.7. The van der Waals surface area contributed by atoms with E-state index in [0.717, 1.165) is 16.8 Å². The molecule has 6 heteroatoms. The Balaban J connectivity index is 1.84. The monoisotopic (exact) mass is 413 g/mol. The summed E-state index contributed by atoms with van der Waals surface area (Å²) >= 11 is 6.34. The van der Waals surface area contributed by atoms with Crippen LogP contribution in [0, 0.1) is 5.92 Å². The summed E-state index contributed by atoms with van der Waals surface area (Å²) in [5.41, 5.74) is 3.72. The molecule has 0 fully saturated rings. The molecule has 2 amide bonds. The maximum atomic E-state index is 13.1. The molecular formula is C23H28ClN3O2. The first-order valence-corrected chi connectivity index (χ1v) is 10.3. The molecule has 2 aromatic rings. The van der Waals surface area contributed by atoms with Crippen LogP contribution in [0.25, 0.3) is 0 Å². The highest BCUT2D eigenvalue weighted by Crippen LogP contribution is 2.29. The third kappa shape index (κ3) is 4.91. The first-order chi connectivity index (χ1) is 13.8. The molecule has 0 spiro atoms. The third-order valence-electron chi connectivity index (χ3n) is 5.15. The number of rotatable bonds is 5. The molecule has 5 nitrogen and oxygen atoms in total. The highest BCUT2D eigenvalue weighted by atomic mass is 35.5. The van der Waals surface area contributed by atoms with Gasteiger partial charge in [0.2, 0.25) is 11.8 Å². The molecule has 29 heavy (non-hydrogen) atoms. The zero-order valence-electron chi connectivity index (χ0n) is 17.4. The number of nitrogens with zero attached hydrogens (tertiary/aromatic N) is 2. The Morgan fingerprint density at radius 1 is 1.17 bits per heavy atom. The average Bonchev–Trinajstić information content (AvgIpc) is 2.66. The zero-order valence-corrected chi connectivity index (χ0v) is 18.2. The maximum absolute atomic E-state index is 13.1. The van der Waals surface area contributed by atoms with Crippen molar-refractivity contribution in [1.29, 1.82) is 0 Å². The third-order valence-corrected chi connectivity index (χ3v) is 5.45. The summed E-state index contributed by atoms with van der Waals surface area (Å²) in [5.74, 6) is 0.0571. The molecule has 1 atom stereocenters. The van der Waals surface area contributed by atoms with E-state index in [1.165, 1.54) is 0 Å². The van der Waals surface area contributed by atoms with Crippen molar-refractivity contribution in [3.05, 3.63) is 58.6 Å². The Morgan fingerprint density at radius 2 is 1.86 bits per heavy atom. The number of carbonyl (C=O) groups is 2. The molecule has 0 bridgehead atoms. The highest BCUT2D eigenvalue weighted by Gasteiger charge is 2.34. The molecule has 1 aliphatic rings. The van der Waals surface area contributed by atoms with Crippen molar-refractivity contribution >= 4 is 34.8 Å².